The molecular formula is C15H16N2O3. The summed E-state index contributed by atoms with van der Waals surface area (Å²) in [5.41, 5.74) is 1.94. The van der Waals surface area contributed by atoms with Crippen LogP contribution in [-0.4, -0.2) is 23.6 Å². The number of benzene rings is 1. The number of aromatic amines is 1. The minimum absolute atomic E-state index is 0.111. The van der Waals surface area contributed by atoms with Gasteiger partial charge >= 0.3 is 0 Å². The first kappa shape index (κ1) is 12.9. The maximum Gasteiger partial charge on any atom is 0.253 e. The first-order valence-electron chi connectivity index (χ1n) is 6.69. The van der Waals surface area contributed by atoms with Crippen LogP contribution in [0.4, 0.5) is 5.69 Å². The Morgan fingerprint density at radius 1 is 1.40 bits per heavy atom. The van der Waals surface area contributed by atoms with Gasteiger partial charge in [0, 0.05) is 17.9 Å². The largest absolute Gasteiger partial charge is 0.368 e. The highest BCUT2D eigenvalue weighted by atomic mass is 16.5. The summed E-state index contributed by atoms with van der Waals surface area (Å²) in [5, 5.41) is 3.77. The maximum atomic E-state index is 12.0. The molecule has 0 spiro atoms. The fourth-order valence-electron chi connectivity index (χ4n) is 2.40. The Bertz CT molecular complexity index is 715. The van der Waals surface area contributed by atoms with Crippen LogP contribution in [0.15, 0.2) is 29.1 Å². The number of ether oxygens (including phenoxy) is 1. The van der Waals surface area contributed by atoms with Crippen molar-refractivity contribution in [1.29, 1.82) is 0 Å². The molecule has 1 amide bonds. The molecule has 1 aromatic heterocycles. The van der Waals surface area contributed by atoms with Crippen molar-refractivity contribution in [2.45, 2.75) is 25.9 Å². The molecule has 20 heavy (non-hydrogen) atoms. The average molecular weight is 272 g/mol. The highest BCUT2D eigenvalue weighted by Crippen LogP contribution is 2.19. The fourth-order valence-corrected chi connectivity index (χ4v) is 2.40. The van der Waals surface area contributed by atoms with Crippen molar-refractivity contribution in [3.8, 4) is 0 Å². The lowest BCUT2D eigenvalue weighted by atomic mass is 10.1. The van der Waals surface area contributed by atoms with Gasteiger partial charge in [0.05, 0.1) is 5.52 Å². The zero-order valence-electron chi connectivity index (χ0n) is 11.2. The number of hydrogen-bond donors (Lipinski definition) is 2. The minimum Gasteiger partial charge on any atom is -0.368 e. The third-order valence-electron chi connectivity index (χ3n) is 3.52. The summed E-state index contributed by atoms with van der Waals surface area (Å²) in [6.45, 7) is 2.41. The predicted molar refractivity (Wildman–Crippen MR) is 76.9 cm³/mol. The number of anilines is 1. The molecule has 2 aromatic rings. The van der Waals surface area contributed by atoms with E-state index in [9.17, 15) is 9.59 Å². The molecule has 1 aliphatic heterocycles. The SMILES string of the molecule is Cc1cc2ccc(NC(=O)C3CCCO3)cc2[nH]c1=O. The zero-order valence-corrected chi connectivity index (χ0v) is 11.2. The van der Waals surface area contributed by atoms with Gasteiger partial charge in [-0.15, -0.1) is 0 Å². The number of rotatable bonds is 2. The lowest BCUT2D eigenvalue weighted by Gasteiger charge is -2.11. The third kappa shape index (κ3) is 2.44. The molecule has 0 bridgehead atoms. The smallest absolute Gasteiger partial charge is 0.253 e. The Kier molecular flexibility index (Phi) is 3.28. The molecular weight excluding hydrogens is 256 g/mol. The average Bonchev–Trinajstić information content (AvgIpc) is 2.94. The summed E-state index contributed by atoms with van der Waals surface area (Å²) in [4.78, 5) is 26.4. The van der Waals surface area contributed by atoms with Crippen LogP contribution in [0.2, 0.25) is 0 Å². The summed E-state index contributed by atoms with van der Waals surface area (Å²) >= 11 is 0. The number of carbonyl (C=O) groups is 1. The number of carbonyl (C=O) groups excluding carboxylic acids is 1. The molecule has 0 aliphatic carbocycles. The number of aryl methyl sites for hydroxylation is 1. The van der Waals surface area contributed by atoms with E-state index in [2.05, 4.69) is 10.3 Å². The summed E-state index contributed by atoms with van der Waals surface area (Å²) in [6.07, 6.45) is 1.32. The third-order valence-corrected chi connectivity index (χ3v) is 3.52. The molecule has 1 atom stereocenters. The Balaban J connectivity index is 1.87. The first-order chi connectivity index (χ1) is 9.63. The monoisotopic (exact) mass is 272 g/mol. The number of pyridine rings is 1. The van der Waals surface area contributed by atoms with Gasteiger partial charge in [0.2, 0.25) is 0 Å². The van der Waals surface area contributed by atoms with Gasteiger partial charge < -0.3 is 15.0 Å². The van der Waals surface area contributed by atoms with Crippen molar-refractivity contribution in [1.82, 2.24) is 4.98 Å². The van der Waals surface area contributed by atoms with E-state index < -0.39 is 0 Å². The van der Waals surface area contributed by atoms with Gasteiger partial charge in [0.15, 0.2) is 0 Å². The zero-order chi connectivity index (χ0) is 14.1. The van der Waals surface area contributed by atoms with Gasteiger partial charge in [-0.3, -0.25) is 9.59 Å². The number of fused-ring (bicyclic) bond motifs is 1. The van der Waals surface area contributed by atoms with E-state index in [0.717, 1.165) is 18.2 Å². The molecule has 5 nitrogen and oxygen atoms in total. The van der Waals surface area contributed by atoms with Crippen LogP contribution in [0.5, 0.6) is 0 Å². The lowest BCUT2D eigenvalue weighted by molar-refractivity contribution is -0.124. The predicted octanol–water partition coefficient (Wildman–Crippen LogP) is 1.95. The van der Waals surface area contributed by atoms with Crippen LogP contribution >= 0.6 is 0 Å². The van der Waals surface area contributed by atoms with Crippen molar-refractivity contribution in [3.63, 3.8) is 0 Å². The number of aromatic nitrogens is 1. The summed E-state index contributed by atoms with van der Waals surface area (Å²) in [7, 11) is 0. The number of nitrogens with one attached hydrogen (secondary N) is 2. The van der Waals surface area contributed by atoms with Crippen LogP contribution in [0.25, 0.3) is 10.9 Å². The van der Waals surface area contributed by atoms with Crippen LogP contribution in [0.1, 0.15) is 18.4 Å². The normalized spacial score (nSPS) is 18.4. The Morgan fingerprint density at radius 2 is 2.25 bits per heavy atom. The lowest BCUT2D eigenvalue weighted by Crippen LogP contribution is -2.26. The first-order valence-corrected chi connectivity index (χ1v) is 6.69. The molecule has 104 valence electrons. The van der Waals surface area contributed by atoms with Crippen molar-refractivity contribution in [3.05, 3.63) is 40.2 Å². The minimum atomic E-state index is -0.359. The molecule has 1 unspecified atom stereocenters. The van der Waals surface area contributed by atoms with Crippen LogP contribution in [0.3, 0.4) is 0 Å². The van der Waals surface area contributed by atoms with Crippen molar-refractivity contribution in [2.24, 2.45) is 0 Å². The molecule has 0 radical (unpaired) electrons. The highest BCUT2D eigenvalue weighted by Gasteiger charge is 2.23. The van der Waals surface area contributed by atoms with Gasteiger partial charge in [0.25, 0.3) is 11.5 Å². The van der Waals surface area contributed by atoms with E-state index in [-0.39, 0.29) is 17.6 Å². The van der Waals surface area contributed by atoms with Gasteiger partial charge in [-0.2, -0.15) is 0 Å². The highest BCUT2D eigenvalue weighted by molar-refractivity contribution is 5.96. The summed E-state index contributed by atoms with van der Waals surface area (Å²) in [6, 6.07) is 7.30. The number of hydrogen-bond acceptors (Lipinski definition) is 3. The molecule has 1 aliphatic rings. The van der Waals surface area contributed by atoms with E-state index >= 15 is 0 Å². The molecule has 0 saturated carbocycles. The second-order valence-corrected chi connectivity index (χ2v) is 5.07. The molecule has 2 heterocycles. The van der Waals surface area contributed by atoms with Gasteiger partial charge in [-0.25, -0.2) is 0 Å². The Morgan fingerprint density at radius 3 is 3.00 bits per heavy atom. The summed E-state index contributed by atoms with van der Waals surface area (Å²) < 4.78 is 5.34. The van der Waals surface area contributed by atoms with E-state index in [1.165, 1.54) is 0 Å². The second kappa shape index (κ2) is 5.09. The summed E-state index contributed by atoms with van der Waals surface area (Å²) in [5.74, 6) is -0.128. The van der Waals surface area contributed by atoms with E-state index in [0.29, 0.717) is 23.4 Å². The molecule has 1 aromatic carbocycles. The topological polar surface area (TPSA) is 71.2 Å². The van der Waals surface area contributed by atoms with Gasteiger partial charge in [-0.05, 0) is 43.4 Å². The fraction of sp³-hybridized carbons (Fsp3) is 0.333. The molecule has 1 saturated heterocycles. The van der Waals surface area contributed by atoms with Gasteiger partial charge in [0.1, 0.15) is 6.10 Å². The molecule has 3 rings (SSSR count). The quantitative estimate of drug-likeness (QED) is 0.877. The van der Waals surface area contributed by atoms with E-state index in [1.807, 2.05) is 18.2 Å². The molecule has 2 N–H and O–H groups in total. The van der Waals surface area contributed by atoms with Crippen molar-refractivity contribution in [2.75, 3.05) is 11.9 Å². The van der Waals surface area contributed by atoms with Crippen molar-refractivity contribution >= 4 is 22.5 Å². The Labute approximate surface area is 116 Å². The van der Waals surface area contributed by atoms with Crippen molar-refractivity contribution < 1.29 is 9.53 Å². The number of amides is 1. The van der Waals surface area contributed by atoms with Gasteiger partial charge in [-0.1, -0.05) is 6.07 Å². The molecule has 5 heteroatoms. The van der Waals surface area contributed by atoms with Crippen LogP contribution in [0, 0.1) is 6.92 Å². The van der Waals surface area contributed by atoms with Crippen LogP contribution < -0.4 is 10.9 Å². The van der Waals surface area contributed by atoms with E-state index in [1.54, 1.807) is 13.0 Å². The molecule has 1 fully saturated rings. The maximum absolute atomic E-state index is 12.0. The number of H-pyrrole nitrogens is 1. The standard InChI is InChI=1S/C15H16N2O3/c1-9-7-10-4-5-11(8-12(10)17-14(9)18)16-15(19)13-3-2-6-20-13/h4-5,7-8,13H,2-3,6H2,1H3,(H,16,19)(H,17,18). The second-order valence-electron chi connectivity index (χ2n) is 5.07. The Hall–Kier alpha value is -2.14. The van der Waals surface area contributed by atoms with Crippen LogP contribution in [-0.2, 0) is 9.53 Å². The van der Waals surface area contributed by atoms with E-state index in [4.69, 9.17) is 4.74 Å².